The number of carbonyl (C=O) groups is 1. The van der Waals surface area contributed by atoms with Crippen LogP contribution >= 0.6 is 0 Å². The molecule has 1 saturated heterocycles. The molecule has 1 aromatic carbocycles. The lowest BCUT2D eigenvalue weighted by Crippen LogP contribution is -2.55. The number of amides is 1. The molecule has 12 heteroatoms. The van der Waals surface area contributed by atoms with Crippen LogP contribution in [0.5, 0.6) is 5.88 Å². The van der Waals surface area contributed by atoms with Crippen molar-refractivity contribution in [1.29, 1.82) is 0 Å². The van der Waals surface area contributed by atoms with Crippen LogP contribution < -0.4 is 20.5 Å². The fourth-order valence-corrected chi connectivity index (χ4v) is 5.35. The van der Waals surface area contributed by atoms with Gasteiger partial charge in [-0.3, -0.25) is 14.5 Å². The molecule has 3 aromatic rings. The molecule has 0 spiro atoms. The number of anilines is 2. The van der Waals surface area contributed by atoms with E-state index >= 15 is 4.39 Å². The molecule has 42 heavy (non-hydrogen) atoms. The highest BCUT2D eigenvalue weighted by Crippen LogP contribution is 2.38. The average Bonchev–Trinajstić information content (AvgIpc) is 2.91. The van der Waals surface area contributed by atoms with E-state index in [2.05, 4.69) is 20.2 Å². The van der Waals surface area contributed by atoms with E-state index in [0.717, 1.165) is 19.0 Å². The SMILES string of the molecule is C[C@@H]1CN(c2cc(F)c(-c3ccnc(OCC4CCC4)c3)cc2NC(=O)c2c[nH]c(=O)cc2C(F)(F)F)C[C@H](C)N1C. The Morgan fingerprint density at radius 3 is 2.50 bits per heavy atom. The second kappa shape index (κ2) is 11.7. The molecule has 1 amide bonds. The van der Waals surface area contributed by atoms with Gasteiger partial charge in [-0.2, -0.15) is 13.2 Å². The fourth-order valence-electron chi connectivity index (χ4n) is 5.35. The predicted octanol–water partition coefficient (Wildman–Crippen LogP) is 5.55. The largest absolute Gasteiger partial charge is 0.477 e. The van der Waals surface area contributed by atoms with Crippen molar-refractivity contribution in [3.63, 3.8) is 0 Å². The summed E-state index contributed by atoms with van der Waals surface area (Å²) in [6.45, 7) is 5.56. The Hall–Kier alpha value is -3.93. The first kappa shape index (κ1) is 29.6. The van der Waals surface area contributed by atoms with Crippen LogP contribution in [-0.2, 0) is 6.18 Å². The highest BCUT2D eigenvalue weighted by atomic mass is 19.4. The topological polar surface area (TPSA) is 90.6 Å². The van der Waals surface area contributed by atoms with Gasteiger partial charge in [0.05, 0.1) is 29.1 Å². The van der Waals surface area contributed by atoms with Gasteiger partial charge in [0.1, 0.15) is 5.82 Å². The van der Waals surface area contributed by atoms with Crippen molar-refractivity contribution in [2.75, 3.05) is 37.0 Å². The number of aromatic amines is 1. The lowest BCUT2D eigenvalue weighted by atomic mass is 9.86. The molecule has 1 aliphatic carbocycles. The zero-order chi connectivity index (χ0) is 30.2. The Balaban J connectivity index is 1.54. The molecular weight excluding hydrogens is 554 g/mol. The van der Waals surface area contributed by atoms with Crippen LogP contribution in [0.15, 0.2) is 47.5 Å². The lowest BCUT2D eigenvalue weighted by molar-refractivity contribution is -0.138. The number of rotatable bonds is 7. The van der Waals surface area contributed by atoms with E-state index in [1.54, 1.807) is 12.1 Å². The van der Waals surface area contributed by atoms with Gasteiger partial charge in [0.2, 0.25) is 11.4 Å². The van der Waals surface area contributed by atoms with Gasteiger partial charge in [0.25, 0.3) is 5.91 Å². The van der Waals surface area contributed by atoms with Crippen molar-refractivity contribution < 1.29 is 27.1 Å². The van der Waals surface area contributed by atoms with Crippen LogP contribution in [0.2, 0.25) is 0 Å². The molecule has 0 radical (unpaired) electrons. The lowest BCUT2D eigenvalue weighted by Gasteiger charge is -2.44. The number of ether oxygens (including phenoxy) is 1. The van der Waals surface area contributed by atoms with Gasteiger partial charge >= 0.3 is 6.18 Å². The van der Waals surface area contributed by atoms with E-state index in [4.69, 9.17) is 4.74 Å². The second-order valence-corrected chi connectivity index (χ2v) is 11.2. The Morgan fingerprint density at radius 1 is 1.14 bits per heavy atom. The van der Waals surface area contributed by atoms with Crippen LogP contribution in [0, 0.1) is 11.7 Å². The minimum absolute atomic E-state index is 0.0895. The number of alkyl halides is 3. The summed E-state index contributed by atoms with van der Waals surface area (Å²) >= 11 is 0. The maximum atomic E-state index is 15.8. The van der Waals surface area contributed by atoms with E-state index in [1.165, 1.54) is 24.8 Å². The van der Waals surface area contributed by atoms with E-state index in [9.17, 15) is 22.8 Å². The van der Waals surface area contributed by atoms with Crippen molar-refractivity contribution in [1.82, 2.24) is 14.9 Å². The molecule has 2 aromatic heterocycles. The summed E-state index contributed by atoms with van der Waals surface area (Å²) in [5, 5.41) is 2.57. The molecule has 0 bridgehead atoms. The van der Waals surface area contributed by atoms with Gasteiger partial charge in [0, 0.05) is 55.3 Å². The maximum absolute atomic E-state index is 15.8. The van der Waals surface area contributed by atoms with E-state index < -0.39 is 34.6 Å². The number of piperazine rings is 1. The van der Waals surface area contributed by atoms with Crippen LogP contribution in [0.4, 0.5) is 28.9 Å². The highest BCUT2D eigenvalue weighted by molar-refractivity contribution is 6.07. The first-order chi connectivity index (χ1) is 19.9. The zero-order valence-electron chi connectivity index (χ0n) is 23.6. The summed E-state index contributed by atoms with van der Waals surface area (Å²) in [7, 11) is 1.99. The minimum atomic E-state index is -4.94. The third-order valence-corrected chi connectivity index (χ3v) is 8.25. The molecule has 2 aliphatic rings. The van der Waals surface area contributed by atoms with Gasteiger partial charge < -0.3 is 19.9 Å². The third-order valence-electron chi connectivity index (χ3n) is 8.25. The molecule has 0 unspecified atom stereocenters. The Labute approximate surface area is 240 Å². The summed E-state index contributed by atoms with van der Waals surface area (Å²) in [5.41, 5.74) is -2.08. The molecule has 5 rings (SSSR count). The number of likely N-dealkylation sites (N-methyl/N-ethyl adjacent to an activating group) is 1. The Kier molecular flexibility index (Phi) is 8.27. The third kappa shape index (κ3) is 6.28. The first-order valence-electron chi connectivity index (χ1n) is 13.9. The quantitative estimate of drug-likeness (QED) is 0.352. The molecule has 224 valence electrons. The standard InChI is InChI=1S/C30H33F4N5O3/c1-17-14-39(15-18(2)38(17)3)26-12-24(31)21(20-7-8-35-28(9-20)42-16-19-5-4-6-19)10-25(26)37-29(41)22-13-36-27(40)11-23(22)30(32,33)34/h7-13,17-19H,4-6,14-16H2,1-3H3,(H,36,40)(H,37,41)/t17-,18+. The van der Waals surface area contributed by atoms with Crippen LogP contribution in [0.25, 0.3) is 11.1 Å². The molecule has 2 atom stereocenters. The molecule has 2 fully saturated rings. The minimum Gasteiger partial charge on any atom is -0.477 e. The van der Waals surface area contributed by atoms with E-state index in [-0.39, 0.29) is 23.3 Å². The summed E-state index contributed by atoms with van der Waals surface area (Å²) in [6, 6.07) is 6.44. The number of halogens is 4. The average molecular weight is 588 g/mol. The zero-order valence-corrected chi connectivity index (χ0v) is 23.6. The molecule has 1 saturated carbocycles. The molecular formula is C30H33F4N5O3. The fraction of sp³-hybridized carbons (Fsp3) is 0.433. The second-order valence-electron chi connectivity index (χ2n) is 11.2. The normalized spacial score (nSPS) is 19.8. The summed E-state index contributed by atoms with van der Waals surface area (Å²) in [5.74, 6) is -0.861. The number of carbonyl (C=O) groups excluding carboxylic acids is 1. The molecule has 8 nitrogen and oxygen atoms in total. The van der Waals surface area contributed by atoms with Gasteiger partial charge in [-0.15, -0.1) is 0 Å². The van der Waals surface area contributed by atoms with Crippen molar-refractivity contribution in [2.45, 2.75) is 51.4 Å². The number of benzene rings is 1. The van der Waals surface area contributed by atoms with E-state index in [1.807, 2.05) is 25.8 Å². The number of H-pyrrole nitrogens is 1. The van der Waals surface area contributed by atoms with Crippen molar-refractivity contribution in [2.24, 2.45) is 5.92 Å². The number of nitrogens with one attached hydrogen (secondary N) is 2. The highest BCUT2D eigenvalue weighted by Gasteiger charge is 2.36. The van der Waals surface area contributed by atoms with Gasteiger partial charge in [0.15, 0.2) is 0 Å². The Morgan fingerprint density at radius 2 is 1.86 bits per heavy atom. The molecule has 2 N–H and O–H groups in total. The monoisotopic (exact) mass is 587 g/mol. The summed E-state index contributed by atoms with van der Waals surface area (Å²) in [4.78, 5) is 35.4. The van der Waals surface area contributed by atoms with Crippen molar-refractivity contribution in [3.8, 4) is 17.0 Å². The smallest absolute Gasteiger partial charge is 0.417 e. The van der Waals surface area contributed by atoms with Crippen LogP contribution in [0.1, 0.15) is 49.0 Å². The number of nitrogens with zero attached hydrogens (tertiary/aromatic N) is 3. The molecule has 3 heterocycles. The Bertz CT molecular complexity index is 1510. The van der Waals surface area contributed by atoms with Crippen LogP contribution in [-0.4, -0.2) is 59.6 Å². The summed E-state index contributed by atoms with van der Waals surface area (Å²) < 4.78 is 62.8. The van der Waals surface area contributed by atoms with Gasteiger partial charge in [-0.1, -0.05) is 6.42 Å². The van der Waals surface area contributed by atoms with E-state index in [0.29, 0.717) is 48.8 Å². The predicted molar refractivity (Wildman–Crippen MR) is 151 cm³/mol. The maximum Gasteiger partial charge on any atom is 0.417 e. The van der Waals surface area contributed by atoms with Crippen molar-refractivity contribution in [3.05, 3.63) is 70.0 Å². The number of pyridine rings is 2. The number of hydrogen-bond acceptors (Lipinski definition) is 6. The van der Waals surface area contributed by atoms with Crippen LogP contribution in [0.3, 0.4) is 0 Å². The number of aromatic nitrogens is 2. The van der Waals surface area contributed by atoms with Crippen molar-refractivity contribution >= 4 is 17.3 Å². The number of hydrogen-bond donors (Lipinski definition) is 2. The van der Waals surface area contributed by atoms with Gasteiger partial charge in [-0.05, 0) is 63.4 Å². The first-order valence-corrected chi connectivity index (χ1v) is 13.9. The summed E-state index contributed by atoms with van der Waals surface area (Å²) in [6.07, 6.45) is 0.645. The van der Waals surface area contributed by atoms with Gasteiger partial charge in [-0.25, -0.2) is 9.37 Å². The molecule has 1 aliphatic heterocycles.